The van der Waals surface area contributed by atoms with Crippen LogP contribution < -0.4 is 28.9 Å². The Morgan fingerprint density at radius 2 is 0.768 bits per heavy atom. The maximum absolute atomic E-state index is 12.5. The molecule has 0 unspecified atom stereocenters. The van der Waals surface area contributed by atoms with E-state index in [1.807, 2.05) is 6.07 Å². The first kappa shape index (κ1) is 85.2. The minimum Gasteiger partial charge on any atom is -0.326 e. The standard InChI is InChI=1S/C16H13ClN4O3S.C15H9ClN4O2S.C12H8ClF2N5O2S.C12H14ClN3O4S2.C9H5ClF3N3O2S/c1-10(22)18-11-6-8-12(9-7-11)25(23,24)21-16-15(17)19-13-4-2-3-5-14(13)20-16;16-14-15(19-12-7-3-2-6-11(12)18-14)20-23(21,22)13-8-4-1-5-10(13)9-17;13-10-11(18-9-4-2-1-3-8(9)17-10)19-23(21,22)7-5-16-20(6-7)12(14)15;1-21(17,18)7-4-8-22(19,20)16-12-11(13)14-9-5-2-3-6-10(9)15-12;10-7-8(16-19(17,18)9(11,12)13)15-6-4-2-1-3-5(6)14-7/h2-9H,1H3,(H,18,22)(H,20,21);1-8H,(H,19,20);1-6,12H,(H,18,19);2-3,5-6H,4,7-8H2,1H3,(H,15,16);1-4H,(H,15,16). The first-order valence-corrected chi connectivity index (χ1v) is 42.3. The lowest BCUT2D eigenvalue weighted by Crippen LogP contribution is -2.30. The number of nitrogens with one attached hydrogen (secondary N) is 6. The summed E-state index contributed by atoms with van der Waals surface area (Å²) in [5.74, 6) is -1.86. The van der Waals surface area contributed by atoms with Crippen molar-refractivity contribution in [3.8, 4) is 6.07 Å². The lowest BCUT2D eigenvalue weighted by atomic mass is 10.2. The molecule has 0 saturated carbocycles. The Bertz CT molecular complexity index is 6520. The lowest BCUT2D eigenvalue weighted by Gasteiger charge is -2.11. The van der Waals surface area contributed by atoms with Crippen molar-refractivity contribution in [1.82, 2.24) is 59.6 Å². The van der Waals surface area contributed by atoms with Crippen molar-refractivity contribution < 1.29 is 77.3 Å². The summed E-state index contributed by atoms with van der Waals surface area (Å²) in [6.45, 7) is -1.57. The van der Waals surface area contributed by atoms with Crippen molar-refractivity contribution >= 4 is 214 Å². The third-order valence-electron chi connectivity index (χ3n) is 13.9. The fourth-order valence-corrected chi connectivity index (χ4v) is 15.7. The van der Waals surface area contributed by atoms with Gasteiger partial charge < -0.3 is 5.32 Å². The number of nitrogens with zero attached hydrogens (tertiary/aromatic N) is 13. The van der Waals surface area contributed by atoms with Crippen LogP contribution in [0.2, 0.25) is 25.8 Å². The molecule has 0 radical (unpaired) electrons. The number of hydrogen-bond acceptors (Lipinski definition) is 25. The Balaban J connectivity index is 0.000000161. The van der Waals surface area contributed by atoms with Gasteiger partial charge in [0.2, 0.25) is 15.9 Å². The van der Waals surface area contributed by atoms with E-state index in [-0.39, 0.29) is 93.3 Å². The molecule has 6 heterocycles. The van der Waals surface area contributed by atoms with Gasteiger partial charge in [-0.15, -0.1) is 0 Å². The smallest absolute Gasteiger partial charge is 0.326 e. The van der Waals surface area contributed by atoms with Crippen molar-refractivity contribution in [2.24, 2.45) is 0 Å². The fraction of sp³-hybridized carbons (Fsp3) is 0.109. The highest BCUT2D eigenvalue weighted by atomic mass is 35.5. The summed E-state index contributed by atoms with van der Waals surface area (Å²) in [5.41, 5.74) is -0.267. The van der Waals surface area contributed by atoms with Crippen LogP contribution in [0.1, 0.15) is 25.5 Å². The summed E-state index contributed by atoms with van der Waals surface area (Å²) >= 11 is 29.5. The Hall–Kier alpha value is -10.8. The number of halogens is 10. The van der Waals surface area contributed by atoms with E-state index in [0.717, 1.165) is 12.5 Å². The van der Waals surface area contributed by atoms with Crippen LogP contribution in [0.4, 0.5) is 56.7 Å². The number of rotatable bonds is 19. The molecule has 1 amide bonds. The summed E-state index contributed by atoms with van der Waals surface area (Å²) in [5, 5.41) is 14.1. The first-order chi connectivity index (χ1) is 52.6. The second kappa shape index (κ2) is 35.7. The second-order valence-electron chi connectivity index (χ2n) is 22.3. The van der Waals surface area contributed by atoms with Crippen LogP contribution in [0.5, 0.6) is 0 Å². The molecular formula is C64H49Cl5F5N19O13S6. The number of carbonyl (C=O) groups excluding carboxylic acids is 1. The molecule has 0 bridgehead atoms. The predicted molar refractivity (Wildman–Crippen MR) is 411 cm³/mol. The minimum absolute atomic E-state index is 0.00706. The number of anilines is 6. The summed E-state index contributed by atoms with van der Waals surface area (Å²) in [7, 11) is -24.6. The predicted octanol–water partition coefficient (Wildman–Crippen LogP) is 12.7. The molecule has 0 atom stereocenters. The average Bonchev–Trinajstić information content (AvgIpc) is 0.919. The molecule has 112 heavy (non-hydrogen) atoms. The molecule has 0 saturated heterocycles. The Morgan fingerprint density at radius 1 is 0.446 bits per heavy atom. The Kier molecular flexibility index (Phi) is 27.2. The monoisotopic (exact) mass is 1750 g/mol. The minimum atomic E-state index is -5.58. The molecule has 7 aromatic carbocycles. The van der Waals surface area contributed by atoms with E-state index in [1.165, 1.54) is 66.2 Å². The number of nitriles is 1. The van der Waals surface area contributed by atoms with E-state index >= 15 is 0 Å². The van der Waals surface area contributed by atoms with Crippen molar-refractivity contribution in [2.75, 3.05) is 46.7 Å². The molecular weight excluding hydrogens is 1710 g/mol. The van der Waals surface area contributed by atoms with Crippen molar-refractivity contribution in [3.63, 3.8) is 0 Å². The van der Waals surface area contributed by atoms with Crippen LogP contribution in [-0.2, 0) is 64.7 Å². The van der Waals surface area contributed by atoms with Gasteiger partial charge in [-0.3, -0.25) is 28.4 Å². The normalized spacial score (nSPS) is 11.9. The van der Waals surface area contributed by atoms with Gasteiger partial charge in [0.1, 0.15) is 25.7 Å². The lowest BCUT2D eigenvalue weighted by molar-refractivity contribution is -0.114. The zero-order valence-corrected chi connectivity index (χ0v) is 65.0. The summed E-state index contributed by atoms with van der Waals surface area (Å²) in [6, 6.07) is 47.2. The molecule has 584 valence electrons. The molecule has 0 aliphatic carbocycles. The van der Waals surface area contributed by atoms with Crippen LogP contribution in [0.15, 0.2) is 197 Å². The van der Waals surface area contributed by atoms with Crippen molar-refractivity contribution in [1.29, 1.82) is 5.26 Å². The van der Waals surface area contributed by atoms with E-state index in [9.17, 15) is 77.3 Å². The maximum Gasteiger partial charge on any atom is 0.516 e. The molecule has 13 rings (SSSR count). The van der Waals surface area contributed by atoms with Gasteiger partial charge in [0, 0.05) is 18.9 Å². The molecule has 0 spiro atoms. The second-order valence-corrected chi connectivity index (χ2v) is 34.9. The first-order valence-electron chi connectivity index (χ1n) is 30.8. The maximum atomic E-state index is 12.5. The molecule has 6 aromatic heterocycles. The number of aromatic nitrogens is 12. The molecule has 32 nitrogen and oxygen atoms in total. The highest BCUT2D eigenvalue weighted by molar-refractivity contribution is 7.94. The van der Waals surface area contributed by atoms with Gasteiger partial charge in [-0.1, -0.05) is 131 Å². The quantitative estimate of drug-likeness (QED) is 0.0409. The Morgan fingerprint density at radius 3 is 1.10 bits per heavy atom. The van der Waals surface area contributed by atoms with Gasteiger partial charge in [-0.25, -0.2) is 96.6 Å². The average molecular weight is 1760 g/mol. The molecule has 13 aromatic rings. The third kappa shape index (κ3) is 22.9. The molecule has 0 fully saturated rings. The number of alkyl halides is 5. The van der Waals surface area contributed by atoms with Crippen LogP contribution >= 0.6 is 58.0 Å². The highest BCUT2D eigenvalue weighted by Crippen LogP contribution is 2.32. The number of para-hydroxylation sites is 10. The summed E-state index contributed by atoms with van der Waals surface area (Å²) in [6.07, 6.45) is 2.55. The van der Waals surface area contributed by atoms with Crippen LogP contribution in [0.25, 0.3) is 55.2 Å². The van der Waals surface area contributed by atoms with E-state index in [0.29, 0.717) is 61.5 Å². The molecule has 48 heteroatoms. The number of fused-ring (bicyclic) bond motifs is 5. The van der Waals surface area contributed by atoms with Crippen LogP contribution in [0, 0.1) is 11.3 Å². The summed E-state index contributed by atoms with van der Waals surface area (Å²) in [4.78, 5) is 50.7. The topological polar surface area (TPSA) is 465 Å². The van der Waals surface area contributed by atoms with Crippen molar-refractivity contribution in [3.05, 3.63) is 214 Å². The largest absolute Gasteiger partial charge is 0.516 e. The SMILES string of the molecule is CC(=O)Nc1ccc(S(=O)(=O)Nc2nc3ccccc3nc2Cl)cc1.CS(=O)(=O)CCCS(=O)(=O)Nc1nc2ccccc2nc1Cl.N#Cc1ccccc1S(=O)(=O)Nc1nc2ccccc2nc1Cl.O=S(=O)(Nc1nc2ccccc2nc1Cl)C(F)(F)F.O=S(=O)(Nc1nc2ccccc2nc1Cl)c1cnn(C(F)F)c1. The highest BCUT2D eigenvalue weighted by Gasteiger charge is 2.46. The molecule has 0 aliphatic rings. The fourth-order valence-electron chi connectivity index (χ4n) is 8.95. The third-order valence-corrected chi connectivity index (χ3v) is 22.7. The zero-order chi connectivity index (χ0) is 81.7. The molecule has 6 N–H and O–H groups in total. The van der Waals surface area contributed by atoms with Gasteiger partial charge in [-0.2, -0.15) is 40.7 Å². The van der Waals surface area contributed by atoms with Crippen LogP contribution in [0.3, 0.4) is 0 Å². The summed E-state index contributed by atoms with van der Waals surface area (Å²) < 4.78 is 214. The number of amides is 1. The van der Waals surface area contributed by atoms with E-state index in [4.69, 9.17) is 63.3 Å². The van der Waals surface area contributed by atoms with Crippen LogP contribution in [-0.4, -0.2) is 139 Å². The van der Waals surface area contributed by atoms with Gasteiger partial charge >= 0.3 is 22.1 Å². The van der Waals surface area contributed by atoms with E-state index in [1.54, 1.807) is 115 Å². The zero-order valence-electron chi connectivity index (χ0n) is 56.4. The van der Waals surface area contributed by atoms with Gasteiger partial charge in [0.05, 0.1) is 89.5 Å². The number of sulfonamides is 5. The number of carbonyl (C=O) groups is 1. The Labute approximate surface area is 657 Å². The van der Waals surface area contributed by atoms with Crippen molar-refractivity contribution in [2.45, 2.75) is 40.1 Å². The number of benzene rings is 7. The van der Waals surface area contributed by atoms with Gasteiger partial charge in [0.25, 0.3) is 30.1 Å². The number of sulfone groups is 1. The van der Waals surface area contributed by atoms with E-state index < -0.39 is 87.9 Å². The van der Waals surface area contributed by atoms with Gasteiger partial charge in [-0.05, 0) is 103 Å². The van der Waals surface area contributed by atoms with Gasteiger partial charge in [0.15, 0.2) is 54.9 Å². The molecule has 0 aliphatic heterocycles. The number of hydrogen-bond donors (Lipinski definition) is 6. The van der Waals surface area contributed by atoms with E-state index in [2.05, 4.69) is 79.1 Å².